The summed E-state index contributed by atoms with van der Waals surface area (Å²) in [5.41, 5.74) is 1.25. The van der Waals surface area contributed by atoms with E-state index in [0.717, 1.165) is 11.8 Å². The quantitative estimate of drug-likeness (QED) is 0.904. The summed E-state index contributed by atoms with van der Waals surface area (Å²) in [4.78, 5) is 32.3. The van der Waals surface area contributed by atoms with Gasteiger partial charge in [-0.05, 0) is 19.1 Å². The van der Waals surface area contributed by atoms with Gasteiger partial charge in [-0.2, -0.15) is 0 Å². The van der Waals surface area contributed by atoms with E-state index in [0.29, 0.717) is 22.3 Å². The summed E-state index contributed by atoms with van der Waals surface area (Å²) in [7, 11) is 1.51. The fourth-order valence-corrected chi connectivity index (χ4v) is 2.50. The van der Waals surface area contributed by atoms with E-state index in [1.165, 1.54) is 7.11 Å². The molecule has 2 N–H and O–H groups in total. The van der Waals surface area contributed by atoms with Crippen molar-refractivity contribution in [1.82, 2.24) is 4.98 Å². The Morgan fingerprint density at radius 1 is 1.33 bits per heavy atom. The molecule has 0 saturated heterocycles. The van der Waals surface area contributed by atoms with Crippen LogP contribution in [0.25, 0.3) is 10.9 Å². The Kier molecular flexibility index (Phi) is 3.91. The SMILES string of the molecule is COc1cc(N2C=CC=NC=C2C)c2[nH]c(C(=O)O)cc(=O)c2c1. The van der Waals surface area contributed by atoms with E-state index < -0.39 is 11.4 Å². The fraction of sp³-hybridized carbons (Fsp3) is 0.118. The van der Waals surface area contributed by atoms with Crippen molar-refractivity contribution < 1.29 is 14.6 Å². The van der Waals surface area contributed by atoms with Crippen molar-refractivity contribution in [3.8, 4) is 5.75 Å². The molecule has 7 nitrogen and oxygen atoms in total. The molecule has 0 fully saturated rings. The highest BCUT2D eigenvalue weighted by molar-refractivity contribution is 5.97. The number of nitrogens with one attached hydrogen (secondary N) is 1. The van der Waals surface area contributed by atoms with E-state index in [1.807, 2.05) is 6.92 Å². The topological polar surface area (TPSA) is 95.0 Å². The molecule has 0 amide bonds. The number of pyridine rings is 1. The van der Waals surface area contributed by atoms with E-state index >= 15 is 0 Å². The summed E-state index contributed by atoms with van der Waals surface area (Å²) in [5, 5.41) is 9.56. The summed E-state index contributed by atoms with van der Waals surface area (Å²) < 4.78 is 5.28. The van der Waals surface area contributed by atoms with E-state index in [9.17, 15) is 14.7 Å². The third-order valence-electron chi connectivity index (χ3n) is 3.67. The molecule has 0 radical (unpaired) electrons. The van der Waals surface area contributed by atoms with Crippen molar-refractivity contribution >= 4 is 28.8 Å². The first-order chi connectivity index (χ1) is 11.5. The zero-order valence-electron chi connectivity index (χ0n) is 13.1. The molecule has 0 saturated carbocycles. The molecule has 1 aromatic heterocycles. The molecule has 7 heteroatoms. The van der Waals surface area contributed by atoms with Crippen LogP contribution in [0.2, 0.25) is 0 Å². The van der Waals surface area contributed by atoms with Crippen molar-refractivity contribution in [3.63, 3.8) is 0 Å². The number of aromatic amines is 1. The molecule has 0 aliphatic carbocycles. The second kappa shape index (κ2) is 6.04. The molecular weight excluding hydrogens is 310 g/mol. The van der Waals surface area contributed by atoms with Gasteiger partial charge in [0.25, 0.3) is 0 Å². The lowest BCUT2D eigenvalue weighted by molar-refractivity contribution is 0.0691. The highest BCUT2D eigenvalue weighted by atomic mass is 16.5. The highest BCUT2D eigenvalue weighted by Crippen LogP contribution is 2.32. The zero-order chi connectivity index (χ0) is 17.3. The lowest BCUT2D eigenvalue weighted by Crippen LogP contribution is -2.16. The van der Waals surface area contributed by atoms with Crippen LogP contribution in [0.4, 0.5) is 5.69 Å². The van der Waals surface area contributed by atoms with Gasteiger partial charge in [0.15, 0.2) is 5.43 Å². The largest absolute Gasteiger partial charge is 0.497 e. The van der Waals surface area contributed by atoms with E-state index in [2.05, 4.69) is 9.98 Å². The van der Waals surface area contributed by atoms with Gasteiger partial charge in [-0.15, -0.1) is 0 Å². The first-order valence-electron chi connectivity index (χ1n) is 7.15. The molecule has 1 aliphatic rings. The standard InChI is InChI=1S/C17H15N3O4/c1-10-9-18-4-3-5-20(10)14-7-11(24-2)6-12-15(21)8-13(17(22)23)19-16(12)14/h3-9H,1-2H3,(H,19,21)(H,22,23). The molecular formula is C17H15N3O4. The zero-order valence-corrected chi connectivity index (χ0v) is 13.1. The van der Waals surface area contributed by atoms with Gasteiger partial charge in [0.2, 0.25) is 0 Å². The number of fused-ring (bicyclic) bond motifs is 1. The molecule has 0 atom stereocenters. The van der Waals surface area contributed by atoms with E-state index in [-0.39, 0.29) is 5.69 Å². The molecule has 1 aliphatic heterocycles. The predicted molar refractivity (Wildman–Crippen MR) is 91.9 cm³/mol. The third-order valence-corrected chi connectivity index (χ3v) is 3.67. The number of allylic oxidation sites excluding steroid dienone is 2. The number of nitrogens with zero attached hydrogens (tertiary/aromatic N) is 2. The number of rotatable bonds is 3. The number of aliphatic imine (C=N–C) groups is 1. The minimum Gasteiger partial charge on any atom is -0.497 e. The summed E-state index contributed by atoms with van der Waals surface area (Å²) in [5.74, 6) is -0.699. The number of hydrogen-bond donors (Lipinski definition) is 2. The van der Waals surface area contributed by atoms with Gasteiger partial charge in [-0.3, -0.25) is 9.79 Å². The van der Waals surface area contributed by atoms with Gasteiger partial charge >= 0.3 is 5.97 Å². The molecule has 2 aromatic rings. The summed E-state index contributed by atoms with van der Waals surface area (Å²) in [6.07, 6.45) is 6.83. The summed E-state index contributed by atoms with van der Waals surface area (Å²) in [6.45, 7) is 1.86. The van der Waals surface area contributed by atoms with Crippen LogP contribution in [0.3, 0.4) is 0 Å². The van der Waals surface area contributed by atoms with Crippen molar-refractivity contribution in [2.45, 2.75) is 6.92 Å². The average molecular weight is 325 g/mol. The maximum Gasteiger partial charge on any atom is 0.352 e. The van der Waals surface area contributed by atoms with Gasteiger partial charge in [-0.25, -0.2) is 4.79 Å². The van der Waals surface area contributed by atoms with Crippen molar-refractivity contribution in [3.05, 3.63) is 58.3 Å². The number of hydrogen-bond acceptors (Lipinski definition) is 5. The number of methoxy groups -OCH3 is 1. The number of benzene rings is 1. The van der Waals surface area contributed by atoms with Crippen LogP contribution in [-0.2, 0) is 0 Å². The van der Waals surface area contributed by atoms with Crippen LogP contribution in [-0.4, -0.2) is 29.4 Å². The molecule has 2 heterocycles. The molecule has 122 valence electrons. The van der Waals surface area contributed by atoms with Crippen molar-refractivity contribution in [1.29, 1.82) is 0 Å². The first kappa shape index (κ1) is 15.5. The molecule has 3 rings (SSSR count). The van der Waals surface area contributed by atoms with E-state index in [4.69, 9.17) is 4.74 Å². The highest BCUT2D eigenvalue weighted by Gasteiger charge is 2.17. The lowest BCUT2D eigenvalue weighted by Gasteiger charge is -2.22. The number of aromatic carboxylic acids is 1. The maximum atomic E-state index is 12.3. The second-order valence-corrected chi connectivity index (χ2v) is 5.20. The summed E-state index contributed by atoms with van der Waals surface area (Å²) in [6, 6.07) is 4.38. The predicted octanol–water partition coefficient (Wildman–Crippen LogP) is 2.50. The minimum atomic E-state index is -1.20. The Hall–Kier alpha value is -3.35. The smallest absolute Gasteiger partial charge is 0.352 e. The number of ether oxygens (including phenoxy) is 1. The van der Waals surface area contributed by atoms with Gasteiger partial charge in [0.05, 0.1) is 23.7 Å². The van der Waals surface area contributed by atoms with Gasteiger partial charge in [0, 0.05) is 36.4 Å². The molecule has 0 bridgehead atoms. The first-order valence-corrected chi connectivity index (χ1v) is 7.15. The number of carboxylic acids is 1. The Morgan fingerprint density at radius 2 is 2.12 bits per heavy atom. The van der Waals surface area contributed by atoms with Gasteiger partial charge < -0.3 is 19.7 Å². The van der Waals surface area contributed by atoms with Crippen LogP contribution in [0.5, 0.6) is 5.75 Å². The minimum absolute atomic E-state index is 0.171. The molecule has 1 aromatic carbocycles. The summed E-state index contributed by atoms with van der Waals surface area (Å²) >= 11 is 0. The number of carboxylic acid groups (broad SMARTS) is 1. The molecule has 24 heavy (non-hydrogen) atoms. The maximum absolute atomic E-state index is 12.3. The Bertz CT molecular complexity index is 970. The monoisotopic (exact) mass is 325 g/mol. The molecule has 0 unspecified atom stereocenters. The number of anilines is 1. The van der Waals surface area contributed by atoms with E-state index in [1.54, 1.807) is 41.7 Å². The van der Waals surface area contributed by atoms with Crippen LogP contribution in [0.1, 0.15) is 17.4 Å². The van der Waals surface area contributed by atoms with Crippen LogP contribution in [0, 0.1) is 0 Å². The van der Waals surface area contributed by atoms with Gasteiger partial charge in [-0.1, -0.05) is 0 Å². The Morgan fingerprint density at radius 3 is 2.83 bits per heavy atom. The normalized spacial score (nSPS) is 13.8. The number of H-pyrrole nitrogens is 1. The molecule has 0 spiro atoms. The van der Waals surface area contributed by atoms with Crippen molar-refractivity contribution in [2.24, 2.45) is 4.99 Å². The number of aromatic nitrogens is 1. The Labute approximate surface area is 137 Å². The average Bonchev–Trinajstić information content (AvgIpc) is 2.78. The lowest BCUT2D eigenvalue weighted by atomic mass is 10.1. The van der Waals surface area contributed by atoms with Crippen LogP contribution < -0.4 is 15.1 Å². The van der Waals surface area contributed by atoms with Gasteiger partial charge in [0.1, 0.15) is 11.4 Å². The Balaban J connectivity index is 2.36. The second-order valence-electron chi connectivity index (χ2n) is 5.20. The number of carbonyl (C=O) groups is 1. The fourth-order valence-electron chi connectivity index (χ4n) is 2.50. The van der Waals surface area contributed by atoms with Crippen molar-refractivity contribution in [2.75, 3.05) is 12.0 Å². The van der Waals surface area contributed by atoms with Crippen LogP contribution >= 0.6 is 0 Å². The van der Waals surface area contributed by atoms with Crippen LogP contribution in [0.15, 0.2) is 52.2 Å². The third kappa shape index (κ3) is 2.67.